The summed E-state index contributed by atoms with van der Waals surface area (Å²) in [5.74, 6) is 0.997. The molecule has 3 aromatic rings. The second-order valence-electron chi connectivity index (χ2n) is 9.85. The van der Waals surface area contributed by atoms with Crippen LogP contribution < -0.4 is 15.5 Å². The molecule has 0 bridgehead atoms. The van der Waals surface area contributed by atoms with Gasteiger partial charge >= 0.3 is 0 Å². The molecule has 2 N–H and O–H groups in total. The van der Waals surface area contributed by atoms with Crippen LogP contribution in [0.4, 0.5) is 11.5 Å². The number of nitrogens with one attached hydrogen (secondary N) is 2. The normalized spacial score (nSPS) is 17.9. The smallest absolute Gasteiger partial charge is 0.224 e. The van der Waals surface area contributed by atoms with Crippen molar-refractivity contribution in [2.75, 3.05) is 23.3 Å². The maximum absolute atomic E-state index is 13.3. The highest BCUT2D eigenvalue weighted by Gasteiger charge is 2.31. The summed E-state index contributed by atoms with van der Waals surface area (Å²) >= 11 is 0. The highest BCUT2D eigenvalue weighted by atomic mass is 16.2. The molecule has 2 heterocycles. The minimum atomic E-state index is -0.0333. The molecule has 1 saturated heterocycles. The fourth-order valence-electron chi connectivity index (χ4n) is 5.48. The highest BCUT2D eigenvalue weighted by Crippen LogP contribution is 2.35. The maximum atomic E-state index is 13.3. The fraction of sp³-hybridized carbons (Fsp3) is 0.414. The van der Waals surface area contributed by atoms with Crippen LogP contribution in [0.15, 0.2) is 54.6 Å². The molecular weight excluding hydrogens is 450 g/mol. The van der Waals surface area contributed by atoms with E-state index < -0.39 is 0 Å². The van der Waals surface area contributed by atoms with E-state index >= 15 is 0 Å². The van der Waals surface area contributed by atoms with Crippen molar-refractivity contribution in [2.45, 2.75) is 58.4 Å². The fourth-order valence-corrected chi connectivity index (χ4v) is 5.48. The third kappa shape index (κ3) is 4.87. The number of rotatable bonds is 6. The van der Waals surface area contributed by atoms with E-state index in [1.807, 2.05) is 48.9 Å². The molecule has 1 aromatic heterocycles. The first kappa shape index (κ1) is 24.1. The summed E-state index contributed by atoms with van der Waals surface area (Å²) in [4.78, 5) is 27.8. The molecule has 0 unspecified atom stereocenters. The van der Waals surface area contributed by atoms with Crippen molar-refractivity contribution in [2.24, 2.45) is 5.92 Å². The number of aromatic nitrogens is 2. The molecule has 2 aliphatic rings. The van der Waals surface area contributed by atoms with Crippen molar-refractivity contribution < 1.29 is 9.59 Å². The zero-order valence-corrected chi connectivity index (χ0v) is 21.2. The molecule has 1 atom stereocenters. The van der Waals surface area contributed by atoms with Crippen LogP contribution in [-0.4, -0.2) is 34.7 Å². The lowest BCUT2D eigenvalue weighted by molar-refractivity contribution is -0.126. The molecule has 1 aliphatic heterocycles. The number of fused-ring (bicyclic) bond motifs is 1. The Bertz CT molecular complexity index is 1230. The summed E-state index contributed by atoms with van der Waals surface area (Å²) in [6, 6.07) is 18.6. The molecule has 0 saturated carbocycles. The predicted octanol–water partition coefficient (Wildman–Crippen LogP) is 4.94. The minimum Gasteiger partial charge on any atom is -0.355 e. The lowest BCUT2D eigenvalue weighted by Crippen LogP contribution is -2.42. The summed E-state index contributed by atoms with van der Waals surface area (Å²) < 4.78 is 1.92. The van der Waals surface area contributed by atoms with Gasteiger partial charge in [-0.3, -0.25) is 9.59 Å². The van der Waals surface area contributed by atoms with E-state index in [4.69, 9.17) is 5.10 Å². The van der Waals surface area contributed by atoms with Gasteiger partial charge in [0.25, 0.3) is 0 Å². The topological polar surface area (TPSA) is 79.3 Å². The number of carbonyl (C=O) groups excluding carboxylic acids is 2. The Balaban J connectivity index is 1.32. The summed E-state index contributed by atoms with van der Waals surface area (Å²) in [7, 11) is 0. The van der Waals surface area contributed by atoms with Crippen molar-refractivity contribution in [1.82, 2.24) is 15.1 Å². The van der Waals surface area contributed by atoms with Gasteiger partial charge in [0, 0.05) is 25.4 Å². The van der Waals surface area contributed by atoms with E-state index in [0.717, 1.165) is 68.1 Å². The van der Waals surface area contributed by atoms with Crippen LogP contribution in [-0.2, 0) is 16.0 Å². The Labute approximate surface area is 212 Å². The van der Waals surface area contributed by atoms with Crippen molar-refractivity contribution in [3.8, 4) is 5.69 Å². The number of amides is 2. The molecule has 7 heteroatoms. The molecular formula is C29H35N5O2. The van der Waals surface area contributed by atoms with Gasteiger partial charge in [-0.05, 0) is 62.3 Å². The van der Waals surface area contributed by atoms with Crippen LogP contribution in [0.25, 0.3) is 5.69 Å². The number of hydrogen-bond donors (Lipinski definition) is 2. The van der Waals surface area contributed by atoms with E-state index in [1.54, 1.807) is 0 Å². The number of nitrogens with zero attached hydrogens (tertiary/aromatic N) is 3. The Hall–Kier alpha value is -3.61. The zero-order valence-electron chi connectivity index (χ0n) is 21.2. The van der Waals surface area contributed by atoms with E-state index in [2.05, 4.69) is 39.8 Å². The summed E-state index contributed by atoms with van der Waals surface area (Å²) in [6.45, 7) is 5.23. The first-order valence-electron chi connectivity index (χ1n) is 13.1. The van der Waals surface area contributed by atoms with E-state index in [-0.39, 0.29) is 23.8 Å². The van der Waals surface area contributed by atoms with E-state index in [1.165, 1.54) is 11.1 Å². The third-order valence-electron chi connectivity index (χ3n) is 7.47. The molecule has 7 nitrogen and oxygen atoms in total. The van der Waals surface area contributed by atoms with Crippen LogP contribution in [0.1, 0.15) is 61.9 Å². The van der Waals surface area contributed by atoms with Crippen LogP contribution in [0, 0.1) is 12.8 Å². The highest BCUT2D eigenvalue weighted by molar-refractivity contribution is 5.94. The SMILES string of the molecule is CCC(=O)Nc1c(C)nn(-c2ccccc2)c1N1CCC(C(=O)N[C@@H]2CCCc3ccccc32)CC1. The van der Waals surface area contributed by atoms with Gasteiger partial charge < -0.3 is 15.5 Å². The van der Waals surface area contributed by atoms with E-state index in [0.29, 0.717) is 6.42 Å². The quantitative estimate of drug-likeness (QED) is 0.518. The number of benzene rings is 2. The Morgan fingerprint density at radius 2 is 1.72 bits per heavy atom. The first-order valence-corrected chi connectivity index (χ1v) is 13.1. The summed E-state index contributed by atoms with van der Waals surface area (Å²) in [6.07, 6.45) is 5.13. The van der Waals surface area contributed by atoms with E-state index in [9.17, 15) is 9.59 Å². The third-order valence-corrected chi connectivity index (χ3v) is 7.47. The molecule has 0 spiro atoms. The van der Waals surface area contributed by atoms with Gasteiger partial charge in [-0.1, -0.05) is 49.4 Å². The Kier molecular flexibility index (Phi) is 7.07. The summed E-state index contributed by atoms with van der Waals surface area (Å²) in [5, 5.41) is 11.2. The lowest BCUT2D eigenvalue weighted by Gasteiger charge is -2.35. The van der Waals surface area contributed by atoms with Crippen molar-refractivity contribution >= 4 is 23.3 Å². The molecule has 1 fully saturated rings. The van der Waals surface area contributed by atoms with Crippen molar-refractivity contribution in [1.29, 1.82) is 0 Å². The monoisotopic (exact) mass is 485 g/mol. The van der Waals surface area contributed by atoms with Gasteiger partial charge in [-0.15, -0.1) is 0 Å². The van der Waals surface area contributed by atoms with Gasteiger partial charge in [0.2, 0.25) is 11.8 Å². The number of anilines is 2. The number of hydrogen-bond acceptors (Lipinski definition) is 4. The second kappa shape index (κ2) is 10.6. The number of aryl methyl sites for hydroxylation is 2. The van der Waals surface area contributed by atoms with Crippen molar-refractivity contribution in [3.63, 3.8) is 0 Å². The number of para-hydroxylation sites is 1. The average Bonchev–Trinajstić information content (AvgIpc) is 3.25. The van der Waals surface area contributed by atoms with Gasteiger partial charge in [0.15, 0.2) is 5.82 Å². The van der Waals surface area contributed by atoms with Gasteiger partial charge in [0.05, 0.1) is 17.4 Å². The zero-order chi connectivity index (χ0) is 25.1. The largest absolute Gasteiger partial charge is 0.355 e. The maximum Gasteiger partial charge on any atom is 0.224 e. The second-order valence-corrected chi connectivity index (χ2v) is 9.85. The molecule has 188 valence electrons. The number of piperidine rings is 1. The molecule has 0 radical (unpaired) electrons. The van der Waals surface area contributed by atoms with Gasteiger partial charge in [-0.2, -0.15) is 5.10 Å². The van der Waals surface area contributed by atoms with Crippen LogP contribution in [0.5, 0.6) is 0 Å². The van der Waals surface area contributed by atoms with Crippen molar-refractivity contribution in [3.05, 3.63) is 71.4 Å². The number of carbonyl (C=O) groups is 2. The first-order chi connectivity index (χ1) is 17.5. The van der Waals surface area contributed by atoms with Crippen LogP contribution in [0.3, 0.4) is 0 Å². The van der Waals surface area contributed by atoms with Gasteiger partial charge in [0.1, 0.15) is 5.69 Å². The van der Waals surface area contributed by atoms with Crippen LogP contribution in [0.2, 0.25) is 0 Å². The predicted molar refractivity (Wildman–Crippen MR) is 142 cm³/mol. The van der Waals surface area contributed by atoms with Crippen LogP contribution >= 0.6 is 0 Å². The minimum absolute atomic E-state index is 0.0155. The standard InChI is InChI=1S/C29H35N5O2/c1-3-26(35)31-27-20(2)32-34(23-12-5-4-6-13-23)29(27)33-18-16-22(17-19-33)28(36)30-25-15-9-11-21-10-7-8-14-24(21)25/h4-8,10,12-14,22,25H,3,9,11,15-19H2,1-2H3,(H,30,36)(H,31,35)/t25-/m1/s1. The molecule has 1 aliphatic carbocycles. The Morgan fingerprint density at radius 1 is 1.00 bits per heavy atom. The van der Waals surface area contributed by atoms with Gasteiger partial charge in [-0.25, -0.2) is 4.68 Å². The molecule has 5 rings (SSSR count). The molecule has 36 heavy (non-hydrogen) atoms. The average molecular weight is 486 g/mol. The molecule has 2 aromatic carbocycles. The molecule has 2 amide bonds. The Morgan fingerprint density at radius 3 is 2.47 bits per heavy atom. The summed E-state index contributed by atoms with van der Waals surface area (Å²) in [5.41, 5.74) is 5.12. The lowest BCUT2D eigenvalue weighted by atomic mass is 9.87.